The Morgan fingerprint density at radius 1 is 0.655 bits per heavy atom. The van der Waals surface area contributed by atoms with E-state index in [1.165, 1.54) is 0 Å². The monoisotopic (exact) mass is 441 g/mol. The van der Waals surface area contributed by atoms with Gasteiger partial charge in [0.2, 0.25) is 0 Å². The zero-order valence-corrected chi connectivity index (χ0v) is 17.3. The Labute approximate surface area is 179 Å². The number of anilines is 1. The maximum atomic E-state index is 6.97. The van der Waals surface area contributed by atoms with E-state index >= 15 is 0 Å². The topological polar surface area (TPSA) is 21.3 Å². The first kappa shape index (κ1) is 18.2. The third-order valence-corrected chi connectivity index (χ3v) is 5.95. The normalized spacial score (nSPS) is 17.2. The van der Waals surface area contributed by atoms with Crippen LogP contribution in [0.15, 0.2) is 114 Å². The van der Waals surface area contributed by atoms with Gasteiger partial charge >= 0.3 is 0 Å². The molecule has 0 aromatic heterocycles. The van der Waals surface area contributed by atoms with Crippen molar-refractivity contribution < 1.29 is 4.74 Å². The summed E-state index contributed by atoms with van der Waals surface area (Å²) < 4.78 is 8.02. The predicted molar refractivity (Wildman–Crippen MR) is 121 cm³/mol. The summed E-state index contributed by atoms with van der Waals surface area (Å²) >= 11 is 3.53. The summed E-state index contributed by atoms with van der Waals surface area (Å²) in [6.45, 7) is 0. The zero-order chi connectivity index (χ0) is 19.7. The Morgan fingerprint density at radius 3 is 1.83 bits per heavy atom. The van der Waals surface area contributed by atoms with Crippen molar-refractivity contribution in [1.82, 2.24) is 0 Å². The Kier molecular flexibility index (Phi) is 4.70. The SMILES string of the molecule is Brc1ccc([C@@H]2Nc3ccccc3C(c3ccccc3)(c3ccccc3)O2)cc1. The molecule has 0 saturated heterocycles. The highest BCUT2D eigenvalue weighted by Gasteiger charge is 2.44. The lowest BCUT2D eigenvalue weighted by atomic mass is 9.78. The van der Waals surface area contributed by atoms with Crippen molar-refractivity contribution >= 4 is 21.6 Å². The van der Waals surface area contributed by atoms with Gasteiger partial charge in [0, 0.05) is 21.3 Å². The Balaban J connectivity index is 1.77. The molecule has 29 heavy (non-hydrogen) atoms. The quantitative estimate of drug-likeness (QED) is 0.373. The van der Waals surface area contributed by atoms with Crippen LogP contribution in [0.1, 0.15) is 28.5 Å². The number of para-hydroxylation sites is 1. The van der Waals surface area contributed by atoms with Crippen molar-refractivity contribution in [2.24, 2.45) is 0 Å². The third kappa shape index (κ3) is 3.17. The molecule has 0 aliphatic carbocycles. The molecular formula is C26H20BrNO. The Hall–Kier alpha value is -2.88. The number of benzene rings is 4. The maximum Gasteiger partial charge on any atom is 0.156 e. The van der Waals surface area contributed by atoms with Gasteiger partial charge in [0.1, 0.15) is 5.60 Å². The van der Waals surface area contributed by atoms with Gasteiger partial charge in [-0.25, -0.2) is 0 Å². The molecular weight excluding hydrogens is 422 g/mol. The molecule has 3 heteroatoms. The van der Waals surface area contributed by atoms with Gasteiger partial charge < -0.3 is 10.1 Å². The molecule has 1 aliphatic rings. The van der Waals surface area contributed by atoms with Crippen molar-refractivity contribution in [3.05, 3.63) is 136 Å². The molecule has 2 nitrogen and oxygen atoms in total. The molecule has 0 amide bonds. The zero-order valence-electron chi connectivity index (χ0n) is 15.8. The van der Waals surface area contributed by atoms with Gasteiger partial charge in [-0.1, -0.05) is 107 Å². The van der Waals surface area contributed by atoms with E-state index in [2.05, 4.69) is 106 Å². The van der Waals surface area contributed by atoms with Crippen LogP contribution in [0.5, 0.6) is 0 Å². The van der Waals surface area contributed by atoms with Crippen molar-refractivity contribution in [3.63, 3.8) is 0 Å². The van der Waals surface area contributed by atoms with Gasteiger partial charge in [-0.15, -0.1) is 0 Å². The van der Waals surface area contributed by atoms with Gasteiger partial charge in [-0.05, 0) is 29.3 Å². The van der Waals surface area contributed by atoms with Crippen LogP contribution in [0.4, 0.5) is 5.69 Å². The number of ether oxygens (including phenoxy) is 1. The molecule has 0 saturated carbocycles. The molecule has 4 aromatic carbocycles. The van der Waals surface area contributed by atoms with Gasteiger partial charge in [0.05, 0.1) is 0 Å². The fourth-order valence-corrected chi connectivity index (χ4v) is 4.34. The van der Waals surface area contributed by atoms with Crippen LogP contribution in [0.3, 0.4) is 0 Å². The lowest BCUT2D eigenvalue weighted by Crippen LogP contribution is -2.40. The largest absolute Gasteiger partial charge is 0.356 e. The smallest absolute Gasteiger partial charge is 0.156 e. The molecule has 1 heterocycles. The third-order valence-electron chi connectivity index (χ3n) is 5.42. The van der Waals surface area contributed by atoms with Crippen LogP contribution in [0.2, 0.25) is 0 Å². The molecule has 0 unspecified atom stereocenters. The highest BCUT2D eigenvalue weighted by molar-refractivity contribution is 9.10. The second-order valence-electron chi connectivity index (χ2n) is 7.15. The second kappa shape index (κ2) is 7.51. The number of hydrogen-bond acceptors (Lipinski definition) is 2. The molecule has 0 radical (unpaired) electrons. The van der Waals surface area contributed by atoms with Gasteiger partial charge in [0.25, 0.3) is 0 Å². The van der Waals surface area contributed by atoms with Crippen LogP contribution >= 0.6 is 15.9 Å². The standard InChI is InChI=1S/C26H20BrNO/c27-22-17-15-19(16-18-22)25-28-24-14-8-7-13-23(24)26(29-25,20-9-3-1-4-10-20)21-11-5-2-6-12-21/h1-18,25,28H/t25-/m1/s1. The summed E-state index contributed by atoms with van der Waals surface area (Å²) in [5, 5.41) is 3.59. The van der Waals surface area contributed by atoms with E-state index in [9.17, 15) is 0 Å². The van der Waals surface area contributed by atoms with E-state index in [-0.39, 0.29) is 6.23 Å². The van der Waals surface area contributed by atoms with E-state index in [4.69, 9.17) is 4.74 Å². The Morgan fingerprint density at radius 2 is 1.21 bits per heavy atom. The first-order valence-electron chi connectivity index (χ1n) is 9.68. The number of fused-ring (bicyclic) bond motifs is 1. The minimum absolute atomic E-state index is 0.279. The summed E-state index contributed by atoms with van der Waals surface area (Å²) in [6.07, 6.45) is -0.279. The van der Waals surface area contributed by atoms with Crippen LogP contribution in [0, 0.1) is 0 Å². The van der Waals surface area contributed by atoms with E-state index in [0.29, 0.717) is 0 Å². The summed E-state index contributed by atoms with van der Waals surface area (Å²) in [5.74, 6) is 0. The minimum Gasteiger partial charge on any atom is -0.356 e. The predicted octanol–water partition coefficient (Wildman–Crippen LogP) is 6.88. The molecule has 5 rings (SSSR count). The number of halogens is 1. The maximum absolute atomic E-state index is 6.97. The number of nitrogens with one attached hydrogen (secondary N) is 1. The summed E-state index contributed by atoms with van der Waals surface area (Å²) in [5.41, 5.74) is 4.80. The summed E-state index contributed by atoms with van der Waals surface area (Å²) in [4.78, 5) is 0. The van der Waals surface area contributed by atoms with Crippen molar-refractivity contribution in [2.75, 3.05) is 5.32 Å². The highest BCUT2D eigenvalue weighted by Crippen LogP contribution is 2.49. The van der Waals surface area contributed by atoms with Crippen molar-refractivity contribution in [2.45, 2.75) is 11.8 Å². The van der Waals surface area contributed by atoms with Crippen LogP contribution in [-0.4, -0.2) is 0 Å². The first-order valence-corrected chi connectivity index (χ1v) is 10.5. The second-order valence-corrected chi connectivity index (χ2v) is 8.07. The molecule has 0 spiro atoms. The van der Waals surface area contributed by atoms with Crippen LogP contribution in [-0.2, 0) is 10.3 Å². The van der Waals surface area contributed by atoms with Crippen molar-refractivity contribution in [1.29, 1.82) is 0 Å². The van der Waals surface area contributed by atoms with E-state index in [1.807, 2.05) is 24.3 Å². The molecule has 1 aliphatic heterocycles. The minimum atomic E-state index is -0.706. The molecule has 142 valence electrons. The van der Waals surface area contributed by atoms with Crippen LogP contribution in [0.25, 0.3) is 0 Å². The first-order chi connectivity index (χ1) is 14.3. The highest BCUT2D eigenvalue weighted by atomic mass is 79.9. The number of hydrogen-bond donors (Lipinski definition) is 1. The van der Waals surface area contributed by atoms with Gasteiger partial charge in [-0.2, -0.15) is 0 Å². The molecule has 4 aromatic rings. The summed E-state index contributed by atoms with van der Waals surface area (Å²) in [6, 6.07) is 37.7. The molecule has 1 atom stereocenters. The van der Waals surface area contributed by atoms with Crippen molar-refractivity contribution in [3.8, 4) is 0 Å². The number of rotatable bonds is 3. The van der Waals surface area contributed by atoms with Gasteiger partial charge in [-0.3, -0.25) is 0 Å². The van der Waals surface area contributed by atoms with E-state index < -0.39 is 5.60 Å². The molecule has 0 fully saturated rings. The average molecular weight is 442 g/mol. The van der Waals surface area contributed by atoms with E-state index in [0.717, 1.165) is 32.4 Å². The lowest BCUT2D eigenvalue weighted by Gasteiger charge is -2.44. The Bertz CT molecular complexity index is 1070. The van der Waals surface area contributed by atoms with Crippen LogP contribution < -0.4 is 5.32 Å². The fourth-order valence-electron chi connectivity index (χ4n) is 4.08. The molecule has 1 N–H and O–H groups in total. The van der Waals surface area contributed by atoms with E-state index in [1.54, 1.807) is 0 Å². The molecule has 0 bridgehead atoms. The fraction of sp³-hybridized carbons (Fsp3) is 0.0769. The van der Waals surface area contributed by atoms with Gasteiger partial charge in [0.15, 0.2) is 6.23 Å². The summed E-state index contributed by atoms with van der Waals surface area (Å²) in [7, 11) is 0. The lowest BCUT2D eigenvalue weighted by molar-refractivity contribution is -0.0432. The average Bonchev–Trinajstić information content (AvgIpc) is 2.80.